The fourth-order valence-electron chi connectivity index (χ4n) is 11.5. The summed E-state index contributed by atoms with van der Waals surface area (Å²) in [7, 11) is 12.3. The molecule has 1 aromatic heterocycles. The normalized spacial score (nSPS) is 37.3. The highest BCUT2D eigenvalue weighted by Crippen LogP contribution is 2.42. The molecule has 2 aromatic rings. The number of likely N-dealkylation sites (N-methyl/N-ethyl adjacent to an activating group) is 2. The predicted molar refractivity (Wildman–Crippen MR) is 283 cm³/mol. The molecule has 4 N–H and O–H groups in total. The lowest BCUT2D eigenvalue weighted by molar-refractivity contribution is -0.322. The van der Waals surface area contributed by atoms with E-state index in [9.17, 15) is 39.6 Å². The molecule has 3 fully saturated rings. The number of benzene rings is 1. The highest BCUT2D eigenvalue weighted by Gasteiger charge is 2.54. The quantitative estimate of drug-likeness (QED) is 0.156. The number of fused-ring (bicyclic) bond motifs is 1. The van der Waals surface area contributed by atoms with E-state index in [1.165, 1.54) is 20.2 Å². The number of hydrogen-bond acceptors (Lipinski definition) is 19. The third kappa shape index (κ3) is 13.9. The molecule has 4 heterocycles. The van der Waals surface area contributed by atoms with Crippen molar-refractivity contribution in [2.75, 3.05) is 80.8 Å². The molecule has 0 aliphatic carbocycles. The van der Waals surface area contributed by atoms with Crippen LogP contribution in [0, 0.1) is 23.7 Å². The number of rotatable bonds is 18. The van der Waals surface area contributed by atoms with Gasteiger partial charge in [0.05, 0.1) is 59.8 Å². The molecule has 1 aromatic carbocycles. The van der Waals surface area contributed by atoms with Crippen LogP contribution in [0.4, 0.5) is 0 Å². The van der Waals surface area contributed by atoms with Crippen molar-refractivity contribution in [2.45, 2.75) is 179 Å². The number of aliphatic hydroxyl groups excluding tert-OH is 2. The lowest BCUT2D eigenvalue weighted by Crippen LogP contribution is -2.61. The summed E-state index contributed by atoms with van der Waals surface area (Å²) < 4.78 is 59.8. The third-order valence-electron chi connectivity index (χ3n) is 16.4. The van der Waals surface area contributed by atoms with Crippen molar-refractivity contribution in [3.63, 3.8) is 0 Å². The van der Waals surface area contributed by atoms with Crippen LogP contribution in [0.15, 0.2) is 29.2 Å². The highest BCUT2D eigenvalue weighted by atomic mass is 16.7. The van der Waals surface area contributed by atoms with Crippen LogP contribution in [0.25, 0.3) is 10.9 Å². The number of carboxylic acids is 1. The highest BCUT2D eigenvalue weighted by molar-refractivity contribution is 5.93. The van der Waals surface area contributed by atoms with E-state index in [0.717, 1.165) is 0 Å². The first kappa shape index (κ1) is 63.0. The number of cyclic esters (lactones) is 1. The second kappa shape index (κ2) is 26.0. The Morgan fingerprint density at radius 3 is 2.08 bits per heavy atom. The number of methoxy groups -OCH3 is 2. The van der Waals surface area contributed by atoms with Gasteiger partial charge in [0, 0.05) is 89.3 Å². The minimum Gasteiger partial charge on any atom is -0.492 e. The van der Waals surface area contributed by atoms with Crippen LogP contribution in [-0.2, 0) is 47.5 Å². The number of carbonyl (C=O) groups is 3. The molecule has 3 aliphatic rings. The molecule has 0 radical (unpaired) electrons. The molecule has 3 aliphatic heterocycles. The number of hydrogen-bond donors (Lipinski definition) is 4. The molecule has 0 spiro atoms. The molecule has 0 saturated carbocycles. The SMILES string of the molecule is CC[C@H]1OC(=O)[C@H](C)[C@@H](O[C@H]2C[C@@](C)(OC)[C@@H](OCCN(C)CCOc3ccc4c(=O)c(C(=O)O)cn(N(C)C)c4c3)[C@H](C)O2)[C@H](C)[C@@H](O[C@@H]2O[C@H](C)C[C@H](N(C)C)[C@H]2O)[C@](C)(OC)C[C@@H](C)C(=O)[C@H](C)[C@@H](O)[C@]1(C)O. The summed E-state index contributed by atoms with van der Waals surface area (Å²) in [5, 5.41) is 46.8. The lowest BCUT2D eigenvalue weighted by Gasteiger charge is -2.50. The number of aliphatic hydroxyl groups is 3. The first-order chi connectivity index (χ1) is 35.5. The maximum Gasteiger partial charge on any atom is 0.341 e. The smallest absolute Gasteiger partial charge is 0.341 e. The van der Waals surface area contributed by atoms with Gasteiger partial charge in [0.25, 0.3) is 0 Å². The van der Waals surface area contributed by atoms with E-state index in [2.05, 4.69) is 0 Å². The number of carbonyl (C=O) groups excluding carboxylic acids is 2. The predicted octanol–water partition coefficient (Wildman–Crippen LogP) is 3.69. The molecule has 21 nitrogen and oxygen atoms in total. The van der Waals surface area contributed by atoms with E-state index in [1.54, 1.807) is 83.7 Å². The van der Waals surface area contributed by atoms with E-state index < -0.39 is 113 Å². The number of carboxylic acid groups (broad SMARTS) is 1. The fourth-order valence-corrected chi connectivity index (χ4v) is 11.5. The van der Waals surface area contributed by atoms with Gasteiger partial charge in [-0.3, -0.25) is 19.1 Å². The van der Waals surface area contributed by atoms with Gasteiger partial charge in [-0.2, -0.15) is 0 Å². The largest absolute Gasteiger partial charge is 0.492 e. The first-order valence-corrected chi connectivity index (χ1v) is 26.7. The maximum atomic E-state index is 14.6. The maximum absolute atomic E-state index is 14.6. The number of ketones is 1. The van der Waals surface area contributed by atoms with Crippen LogP contribution >= 0.6 is 0 Å². The Balaban J connectivity index is 1.37. The molecule has 0 unspecified atom stereocenters. The van der Waals surface area contributed by atoms with Crippen LogP contribution in [-0.4, -0.2) is 213 Å². The van der Waals surface area contributed by atoms with Gasteiger partial charge >= 0.3 is 11.9 Å². The van der Waals surface area contributed by atoms with Gasteiger partial charge in [-0.1, -0.05) is 27.7 Å². The number of esters is 1. The zero-order chi connectivity index (χ0) is 56.9. The summed E-state index contributed by atoms with van der Waals surface area (Å²) in [6.45, 7) is 19.0. The molecule has 432 valence electrons. The minimum atomic E-state index is -2.01. The summed E-state index contributed by atoms with van der Waals surface area (Å²) in [5.41, 5.74) is -4.67. The summed E-state index contributed by atoms with van der Waals surface area (Å²) in [6, 6.07) is 4.61. The number of aromatic carboxylic acids is 1. The van der Waals surface area contributed by atoms with Gasteiger partial charge in [-0.05, 0) is 94.1 Å². The Morgan fingerprint density at radius 1 is 0.855 bits per heavy atom. The summed E-state index contributed by atoms with van der Waals surface area (Å²) in [6.07, 6.45) is -7.31. The average Bonchev–Trinajstić information content (AvgIpc) is 3.36. The lowest BCUT2D eigenvalue weighted by atomic mass is 9.74. The molecule has 21 heteroatoms. The number of aromatic nitrogens is 1. The average molecular weight is 1080 g/mol. The van der Waals surface area contributed by atoms with Crippen LogP contribution in [0.5, 0.6) is 5.75 Å². The van der Waals surface area contributed by atoms with Crippen molar-refractivity contribution in [3.05, 3.63) is 40.2 Å². The monoisotopic (exact) mass is 1080 g/mol. The first-order valence-electron chi connectivity index (χ1n) is 26.7. The number of Topliss-reactive ketones (excluding diaryl/α,β-unsaturated/α-hetero) is 1. The molecule has 3 saturated heterocycles. The summed E-state index contributed by atoms with van der Waals surface area (Å²) in [5.74, 6) is -5.46. The van der Waals surface area contributed by atoms with Crippen molar-refractivity contribution >= 4 is 28.6 Å². The summed E-state index contributed by atoms with van der Waals surface area (Å²) in [4.78, 5) is 57.4. The van der Waals surface area contributed by atoms with Crippen LogP contribution in [0.1, 0.15) is 105 Å². The van der Waals surface area contributed by atoms with Gasteiger partial charge in [0.15, 0.2) is 12.6 Å². The van der Waals surface area contributed by atoms with Crippen LogP contribution in [0.2, 0.25) is 0 Å². The Labute approximate surface area is 448 Å². The van der Waals surface area contributed by atoms with E-state index in [4.69, 9.17) is 42.6 Å². The molecule has 0 bridgehead atoms. The number of pyridine rings is 1. The van der Waals surface area contributed by atoms with Gasteiger partial charge in [0.2, 0.25) is 5.43 Å². The molecule has 5 rings (SSSR count). The molecular weight excluding hydrogens is 989 g/mol. The van der Waals surface area contributed by atoms with Crippen molar-refractivity contribution in [3.8, 4) is 5.75 Å². The minimum absolute atomic E-state index is 0.0820. The van der Waals surface area contributed by atoms with E-state index >= 15 is 0 Å². The Bertz CT molecular complexity index is 2330. The van der Waals surface area contributed by atoms with E-state index in [0.29, 0.717) is 44.0 Å². The number of nitrogens with zero attached hydrogens (tertiary/aromatic N) is 4. The van der Waals surface area contributed by atoms with Crippen LogP contribution < -0.4 is 15.2 Å². The molecule has 18 atom stereocenters. The Kier molecular flexibility index (Phi) is 21.5. The van der Waals surface area contributed by atoms with Crippen molar-refractivity contribution in [2.24, 2.45) is 23.7 Å². The van der Waals surface area contributed by atoms with Gasteiger partial charge in [-0.15, -0.1) is 0 Å². The second-order valence-corrected chi connectivity index (χ2v) is 22.7. The molecular formula is C55H90N4O17. The summed E-state index contributed by atoms with van der Waals surface area (Å²) >= 11 is 0. The zero-order valence-corrected chi connectivity index (χ0v) is 48.0. The van der Waals surface area contributed by atoms with Gasteiger partial charge in [0.1, 0.15) is 47.6 Å². The molecule has 76 heavy (non-hydrogen) atoms. The van der Waals surface area contributed by atoms with Crippen LogP contribution in [0.3, 0.4) is 0 Å². The third-order valence-corrected chi connectivity index (χ3v) is 16.4. The van der Waals surface area contributed by atoms with Gasteiger partial charge < -0.3 is 77.9 Å². The zero-order valence-electron chi connectivity index (χ0n) is 48.0. The number of ether oxygens (including phenoxy) is 9. The van der Waals surface area contributed by atoms with E-state index in [1.807, 2.05) is 58.6 Å². The standard InChI is InChI=1S/C55H90N4O17/c1-18-41-55(10,67)47(63)32(4)43(60)30(2)27-53(8,68-16)48(76-52-45(62)40(56(11)12)25-31(3)72-52)33(5)46(34(6)51(66)74-41)75-42-28-54(9,69-17)49(35(7)73-42)71-24-22-58(15)21-23-70-36-19-20-37-39(26-36)59(57(13)14)29-38(44(37)61)50(64)65/h19-20,26,29-35,40-42,45-49,52,62-63,67H,18,21-25,27-28H2,1-17H3,(H,64,65)/t30-,31-,32+,33+,34-,35+,40+,41-,42+,45-,46+,47-,48-,49+,52+,53-,54-,55-/m1/s1. The van der Waals surface area contributed by atoms with Gasteiger partial charge in [-0.25, -0.2) is 4.79 Å². The Hall–Kier alpha value is -3.84. The fraction of sp³-hybridized carbons (Fsp3) is 0.782. The van der Waals surface area contributed by atoms with Crippen molar-refractivity contribution in [1.82, 2.24) is 14.5 Å². The van der Waals surface area contributed by atoms with Crippen molar-refractivity contribution in [1.29, 1.82) is 0 Å². The molecule has 0 amide bonds. The van der Waals surface area contributed by atoms with Crippen molar-refractivity contribution < 1.29 is 77.4 Å². The van der Waals surface area contributed by atoms with E-state index in [-0.39, 0.29) is 48.1 Å². The topological polar surface area (TPSA) is 247 Å². The second-order valence-electron chi connectivity index (χ2n) is 22.7. The Morgan fingerprint density at radius 2 is 1.49 bits per heavy atom.